The number of hydrogen-bond donors (Lipinski definition) is 1. The fourth-order valence-corrected chi connectivity index (χ4v) is 3.02. The number of alkyl halides is 3. The minimum absolute atomic E-state index is 0.113. The predicted octanol–water partition coefficient (Wildman–Crippen LogP) is 4.86. The van der Waals surface area contributed by atoms with Gasteiger partial charge in [0.1, 0.15) is 0 Å². The van der Waals surface area contributed by atoms with E-state index in [0.29, 0.717) is 0 Å². The van der Waals surface area contributed by atoms with E-state index in [9.17, 15) is 22.8 Å². The number of pyridine rings is 1. The smallest absolute Gasteiger partial charge is 0.345 e. The second kappa shape index (κ2) is 7.71. The van der Waals surface area contributed by atoms with Gasteiger partial charge >= 0.3 is 6.18 Å². The Morgan fingerprint density at radius 2 is 1.76 bits per heavy atom. The number of para-hydroxylation sites is 1. The molecule has 0 aliphatic heterocycles. The molecule has 1 heterocycles. The molecule has 0 unspecified atom stereocenters. The third-order valence-corrected chi connectivity index (χ3v) is 4.49. The Hall–Kier alpha value is -3.13. The van der Waals surface area contributed by atoms with Crippen LogP contribution in [0.4, 0.5) is 18.9 Å². The number of nitrogens with zero attached hydrogens (tertiary/aromatic N) is 2. The van der Waals surface area contributed by atoms with Gasteiger partial charge in [0, 0.05) is 31.4 Å². The van der Waals surface area contributed by atoms with Crippen molar-refractivity contribution in [3.05, 3.63) is 70.4 Å². The van der Waals surface area contributed by atoms with Crippen LogP contribution in [0.2, 0.25) is 5.02 Å². The maximum absolute atomic E-state index is 13.7. The molecule has 0 saturated heterocycles. The highest BCUT2D eigenvalue weighted by Crippen LogP contribution is 2.37. The van der Waals surface area contributed by atoms with Gasteiger partial charge in [-0.2, -0.15) is 13.2 Å². The molecule has 0 bridgehead atoms. The van der Waals surface area contributed by atoms with Crippen molar-refractivity contribution in [2.75, 3.05) is 19.4 Å². The zero-order valence-electron chi connectivity index (χ0n) is 15.3. The number of carbonyl (C=O) groups is 2. The van der Waals surface area contributed by atoms with E-state index in [1.54, 1.807) is 6.07 Å². The lowest BCUT2D eigenvalue weighted by molar-refractivity contribution is -0.136. The average Bonchev–Trinajstić information content (AvgIpc) is 2.67. The molecule has 0 aliphatic carbocycles. The Balaban J connectivity index is 2.03. The zero-order chi connectivity index (χ0) is 21.3. The Kier molecular flexibility index (Phi) is 5.48. The quantitative estimate of drug-likeness (QED) is 0.657. The van der Waals surface area contributed by atoms with Gasteiger partial charge in [0.15, 0.2) is 0 Å². The number of anilines is 1. The number of amides is 2. The van der Waals surface area contributed by atoms with Crippen LogP contribution in [0.3, 0.4) is 0 Å². The van der Waals surface area contributed by atoms with Crippen LogP contribution in [0.25, 0.3) is 10.9 Å². The lowest BCUT2D eigenvalue weighted by Crippen LogP contribution is -2.23. The van der Waals surface area contributed by atoms with Gasteiger partial charge in [0.25, 0.3) is 11.8 Å². The number of fused-ring (bicyclic) bond motifs is 1. The van der Waals surface area contributed by atoms with Crippen LogP contribution in [-0.4, -0.2) is 35.8 Å². The van der Waals surface area contributed by atoms with E-state index in [0.717, 1.165) is 6.20 Å². The first-order valence-electron chi connectivity index (χ1n) is 8.37. The van der Waals surface area contributed by atoms with Gasteiger partial charge in [0.05, 0.1) is 27.2 Å². The summed E-state index contributed by atoms with van der Waals surface area (Å²) in [6, 6.07) is 9.80. The van der Waals surface area contributed by atoms with Crippen LogP contribution in [0, 0.1) is 0 Å². The average molecular weight is 422 g/mol. The van der Waals surface area contributed by atoms with Gasteiger partial charge in [0.2, 0.25) is 0 Å². The number of carbonyl (C=O) groups excluding carboxylic acids is 2. The lowest BCUT2D eigenvalue weighted by Gasteiger charge is -2.16. The van der Waals surface area contributed by atoms with Crippen molar-refractivity contribution in [1.82, 2.24) is 9.88 Å². The van der Waals surface area contributed by atoms with Crippen molar-refractivity contribution in [2.45, 2.75) is 6.18 Å². The fourth-order valence-electron chi connectivity index (χ4n) is 2.83. The molecule has 3 aromatic rings. The summed E-state index contributed by atoms with van der Waals surface area (Å²) in [5.74, 6) is -1.41. The minimum Gasteiger partial charge on any atom is -0.345 e. The van der Waals surface area contributed by atoms with Crippen LogP contribution >= 0.6 is 11.6 Å². The van der Waals surface area contributed by atoms with Gasteiger partial charge in [-0.1, -0.05) is 29.8 Å². The monoisotopic (exact) mass is 421 g/mol. The van der Waals surface area contributed by atoms with E-state index >= 15 is 0 Å². The molecule has 2 amide bonds. The first-order valence-corrected chi connectivity index (χ1v) is 8.75. The molecule has 0 spiro atoms. The van der Waals surface area contributed by atoms with Crippen molar-refractivity contribution in [1.29, 1.82) is 0 Å². The van der Waals surface area contributed by atoms with Crippen molar-refractivity contribution < 1.29 is 22.8 Å². The Labute approximate surface area is 169 Å². The SMILES string of the molecule is CN(C)C(=O)c1cc(NC(=O)c2cnc3ccccc3c2C(F)(F)F)ccc1Cl. The van der Waals surface area contributed by atoms with E-state index in [-0.39, 0.29) is 27.2 Å². The Morgan fingerprint density at radius 3 is 2.41 bits per heavy atom. The maximum Gasteiger partial charge on any atom is 0.417 e. The first kappa shape index (κ1) is 20.6. The van der Waals surface area contributed by atoms with Gasteiger partial charge in [-0.25, -0.2) is 0 Å². The van der Waals surface area contributed by atoms with Crippen molar-refractivity contribution in [2.24, 2.45) is 0 Å². The number of hydrogen-bond acceptors (Lipinski definition) is 3. The zero-order valence-corrected chi connectivity index (χ0v) is 16.1. The van der Waals surface area contributed by atoms with Gasteiger partial charge in [-0.15, -0.1) is 0 Å². The molecule has 1 N–H and O–H groups in total. The third kappa shape index (κ3) is 4.17. The highest BCUT2D eigenvalue weighted by Gasteiger charge is 2.37. The number of halogens is 4. The number of benzene rings is 2. The van der Waals surface area contributed by atoms with Crippen molar-refractivity contribution in [3.63, 3.8) is 0 Å². The summed E-state index contributed by atoms with van der Waals surface area (Å²) in [6.07, 6.45) is -3.87. The van der Waals surface area contributed by atoms with Crippen LogP contribution in [0.5, 0.6) is 0 Å². The van der Waals surface area contributed by atoms with E-state index in [1.165, 1.54) is 55.4 Å². The lowest BCUT2D eigenvalue weighted by atomic mass is 10.0. The van der Waals surface area contributed by atoms with E-state index in [2.05, 4.69) is 10.3 Å². The standard InChI is InChI=1S/C20H15ClF3N3O2/c1-27(2)19(29)13-9-11(7-8-15(13)21)26-18(28)14-10-25-16-6-4-3-5-12(16)17(14)20(22,23)24/h3-10H,1-2H3,(H,26,28). The van der Waals surface area contributed by atoms with E-state index in [1.807, 2.05) is 0 Å². The van der Waals surface area contributed by atoms with Gasteiger partial charge in [-0.3, -0.25) is 14.6 Å². The molecule has 29 heavy (non-hydrogen) atoms. The van der Waals surface area contributed by atoms with E-state index < -0.39 is 29.1 Å². The molecule has 9 heteroatoms. The molecule has 0 fully saturated rings. The molecule has 1 aromatic heterocycles. The molecule has 0 saturated carbocycles. The highest BCUT2D eigenvalue weighted by atomic mass is 35.5. The third-order valence-electron chi connectivity index (χ3n) is 4.16. The molecular weight excluding hydrogens is 407 g/mol. The maximum atomic E-state index is 13.7. The second-order valence-corrected chi connectivity index (χ2v) is 6.82. The molecule has 0 atom stereocenters. The van der Waals surface area contributed by atoms with Crippen LogP contribution in [-0.2, 0) is 6.18 Å². The van der Waals surface area contributed by atoms with Crippen molar-refractivity contribution in [3.8, 4) is 0 Å². The summed E-state index contributed by atoms with van der Waals surface area (Å²) < 4.78 is 41.1. The summed E-state index contributed by atoms with van der Waals surface area (Å²) in [4.78, 5) is 30.1. The summed E-state index contributed by atoms with van der Waals surface area (Å²) in [6.45, 7) is 0. The predicted molar refractivity (Wildman–Crippen MR) is 104 cm³/mol. The number of rotatable bonds is 3. The highest BCUT2D eigenvalue weighted by molar-refractivity contribution is 6.34. The second-order valence-electron chi connectivity index (χ2n) is 6.41. The Morgan fingerprint density at radius 1 is 1.07 bits per heavy atom. The van der Waals surface area contributed by atoms with Crippen LogP contribution in [0.15, 0.2) is 48.7 Å². The molecule has 3 rings (SSSR count). The normalized spacial score (nSPS) is 11.4. The van der Waals surface area contributed by atoms with Gasteiger partial charge in [-0.05, 0) is 24.3 Å². The molecule has 150 valence electrons. The fraction of sp³-hybridized carbons (Fsp3) is 0.150. The largest absolute Gasteiger partial charge is 0.417 e. The topological polar surface area (TPSA) is 62.3 Å². The molecule has 5 nitrogen and oxygen atoms in total. The molecule has 2 aromatic carbocycles. The Bertz CT molecular complexity index is 1110. The summed E-state index contributed by atoms with van der Waals surface area (Å²) in [5.41, 5.74) is -1.32. The molecule has 0 radical (unpaired) electrons. The van der Waals surface area contributed by atoms with Crippen molar-refractivity contribution >= 4 is 40.0 Å². The van der Waals surface area contributed by atoms with Crippen LogP contribution < -0.4 is 5.32 Å². The summed E-state index contributed by atoms with van der Waals surface area (Å²) >= 11 is 6.02. The molecule has 0 aliphatic rings. The number of nitrogens with one attached hydrogen (secondary N) is 1. The summed E-state index contributed by atoms with van der Waals surface area (Å²) in [5, 5.41) is 2.37. The van der Waals surface area contributed by atoms with Crippen LogP contribution in [0.1, 0.15) is 26.3 Å². The van der Waals surface area contributed by atoms with Gasteiger partial charge < -0.3 is 10.2 Å². The first-order chi connectivity index (χ1) is 13.6. The minimum atomic E-state index is -4.76. The summed E-state index contributed by atoms with van der Waals surface area (Å²) in [7, 11) is 3.06. The number of aromatic nitrogens is 1. The van der Waals surface area contributed by atoms with E-state index in [4.69, 9.17) is 11.6 Å². The molecular formula is C20H15ClF3N3O2.